The lowest BCUT2D eigenvalue weighted by Crippen LogP contribution is -1.88. The van der Waals surface area contributed by atoms with Crippen LogP contribution in [0.25, 0.3) is 0 Å². The molecule has 0 spiro atoms. The van der Waals surface area contributed by atoms with Crippen LogP contribution in [0.2, 0.25) is 0 Å². The van der Waals surface area contributed by atoms with E-state index in [4.69, 9.17) is 5.11 Å². The summed E-state index contributed by atoms with van der Waals surface area (Å²) in [6.45, 7) is 0.237. The highest BCUT2D eigenvalue weighted by molar-refractivity contribution is 9.11. The molecule has 0 aliphatic rings. The molecule has 0 radical (unpaired) electrons. The second kappa shape index (κ2) is 6.01. The first-order valence-corrected chi connectivity index (χ1v) is 6.36. The Kier molecular flexibility index (Phi) is 5.31. The first kappa shape index (κ1) is 11.5. The molecular formula is C8H9Br2NOS. The van der Waals surface area contributed by atoms with Crippen LogP contribution in [0, 0.1) is 0 Å². The second-order valence-corrected chi connectivity index (χ2v) is 5.22. The van der Waals surface area contributed by atoms with Gasteiger partial charge in [-0.05, 0) is 44.3 Å². The fourth-order valence-electron chi connectivity index (χ4n) is 0.742. The van der Waals surface area contributed by atoms with E-state index in [1.165, 1.54) is 0 Å². The van der Waals surface area contributed by atoms with Crippen molar-refractivity contribution in [2.45, 2.75) is 11.4 Å². The number of thioether (sulfide) groups is 1. The highest BCUT2D eigenvalue weighted by Crippen LogP contribution is 2.27. The van der Waals surface area contributed by atoms with Crippen molar-refractivity contribution in [2.75, 3.05) is 12.4 Å². The fourth-order valence-corrected chi connectivity index (χ4v) is 2.86. The van der Waals surface area contributed by atoms with Crippen LogP contribution in [-0.2, 0) is 0 Å². The number of rotatable bonds is 4. The monoisotopic (exact) mass is 325 g/mol. The van der Waals surface area contributed by atoms with Crippen LogP contribution in [0.5, 0.6) is 0 Å². The molecule has 1 heterocycles. The lowest BCUT2D eigenvalue weighted by Gasteiger charge is -2.02. The molecule has 5 heteroatoms. The normalized spacial score (nSPS) is 10.4. The maximum atomic E-state index is 8.60. The number of aromatic nitrogens is 1. The zero-order valence-electron chi connectivity index (χ0n) is 6.83. The molecule has 0 saturated heterocycles. The lowest BCUT2D eigenvalue weighted by atomic mass is 10.5. The van der Waals surface area contributed by atoms with E-state index < -0.39 is 0 Å². The molecule has 0 aromatic carbocycles. The molecule has 0 aliphatic heterocycles. The van der Waals surface area contributed by atoms with Gasteiger partial charge in [0, 0.05) is 23.0 Å². The van der Waals surface area contributed by atoms with Crippen LogP contribution >= 0.6 is 43.6 Å². The van der Waals surface area contributed by atoms with Gasteiger partial charge in [0.15, 0.2) is 0 Å². The SMILES string of the molecule is OCCCSc1ncc(Br)cc1Br. The van der Waals surface area contributed by atoms with Crippen molar-refractivity contribution in [3.63, 3.8) is 0 Å². The average molecular weight is 327 g/mol. The molecule has 0 fully saturated rings. The van der Waals surface area contributed by atoms with Crippen molar-refractivity contribution >= 4 is 43.6 Å². The van der Waals surface area contributed by atoms with Crippen LogP contribution in [0.4, 0.5) is 0 Å². The summed E-state index contributed by atoms with van der Waals surface area (Å²) in [7, 11) is 0. The smallest absolute Gasteiger partial charge is 0.110 e. The highest BCUT2D eigenvalue weighted by atomic mass is 79.9. The summed E-state index contributed by atoms with van der Waals surface area (Å²) in [5.74, 6) is 0.893. The van der Waals surface area contributed by atoms with E-state index >= 15 is 0 Å². The summed E-state index contributed by atoms with van der Waals surface area (Å²) >= 11 is 8.40. The van der Waals surface area contributed by atoms with Crippen LogP contribution < -0.4 is 0 Å². The summed E-state index contributed by atoms with van der Waals surface area (Å²) in [5.41, 5.74) is 0. The maximum absolute atomic E-state index is 8.60. The van der Waals surface area contributed by atoms with Crippen molar-refractivity contribution in [2.24, 2.45) is 0 Å². The highest BCUT2D eigenvalue weighted by Gasteiger charge is 2.02. The summed E-state index contributed by atoms with van der Waals surface area (Å²) in [4.78, 5) is 4.24. The Bertz CT molecular complexity index is 283. The van der Waals surface area contributed by atoms with Gasteiger partial charge in [-0.25, -0.2) is 4.98 Å². The second-order valence-electron chi connectivity index (χ2n) is 2.37. The van der Waals surface area contributed by atoms with Gasteiger partial charge in [-0.3, -0.25) is 0 Å². The third-order valence-electron chi connectivity index (χ3n) is 1.32. The van der Waals surface area contributed by atoms with Crippen molar-refractivity contribution in [3.05, 3.63) is 21.2 Å². The standard InChI is InChI=1S/C8H9Br2NOS/c9-6-4-7(10)8(11-5-6)13-3-1-2-12/h4-5,12H,1-3H2. The number of aliphatic hydroxyl groups is 1. The summed E-state index contributed by atoms with van der Waals surface area (Å²) in [6.07, 6.45) is 2.57. The number of hydrogen-bond acceptors (Lipinski definition) is 3. The topological polar surface area (TPSA) is 33.1 Å². The zero-order valence-corrected chi connectivity index (χ0v) is 10.8. The molecule has 1 aromatic rings. The van der Waals surface area contributed by atoms with Gasteiger partial charge in [0.05, 0.1) is 4.47 Å². The molecular weight excluding hydrogens is 318 g/mol. The molecule has 13 heavy (non-hydrogen) atoms. The van der Waals surface area contributed by atoms with Gasteiger partial charge in [0.25, 0.3) is 0 Å². The van der Waals surface area contributed by atoms with Crippen LogP contribution in [0.1, 0.15) is 6.42 Å². The van der Waals surface area contributed by atoms with Crippen molar-refractivity contribution < 1.29 is 5.11 Å². The molecule has 0 aliphatic carbocycles. The molecule has 1 N–H and O–H groups in total. The molecule has 0 saturated carbocycles. The Morgan fingerprint density at radius 2 is 2.23 bits per heavy atom. The van der Waals surface area contributed by atoms with E-state index in [-0.39, 0.29) is 6.61 Å². The van der Waals surface area contributed by atoms with Crippen LogP contribution in [-0.4, -0.2) is 22.5 Å². The van der Waals surface area contributed by atoms with Crippen molar-refractivity contribution in [3.8, 4) is 0 Å². The molecule has 0 atom stereocenters. The molecule has 0 bridgehead atoms. The van der Waals surface area contributed by atoms with E-state index in [2.05, 4.69) is 36.8 Å². The Hall–Kier alpha value is 0.420. The average Bonchev–Trinajstić information content (AvgIpc) is 2.09. The number of aliphatic hydroxyl groups excluding tert-OH is 1. The molecule has 0 unspecified atom stereocenters. The molecule has 2 nitrogen and oxygen atoms in total. The number of halogens is 2. The predicted molar refractivity (Wildman–Crippen MR) is 62.1 cm³/mol. The quantitative estimate of drug-likeness (QED) is 0.682. The van der Waals surface area contributed by atoms with Crippen molar-refractivity contribution in [1.82, 2.24) is 4.98 Å². The first-order chi connectivity index (χ1) is 6.24. The molecule has 1 rings (SSSR count). The Morgan fingerprint density at radius 3 is 2.85 bits per heavy atom. The van der Waals surface area contributed by atoms with Gasteiger partial charge >= 0.3 is 0 Å². The maximum Gasteiger partial charge on any atom is 0.110 e. The van der Waals surface area contributed by atoms with Crippen molar-refractivity contribution in [1.29, 1.82) is 0 Å². The lowest BCUT2D eigenvalue weighted by molar-refractivity contribution is 0.296. The van der Waals surface area contributed by atoms with Gasteiger partial charge in [-0.15, -0.1) is 11.8 Å². The Balaban J connectivity index is 2.56. The van der Waals surface area contributed by atoms with Crippen LogP contribution in [0.3, 0.4) is 0 Å². The van der Waals surface area contributed by atoms with E-state index in [9.17, 15) is 0 Å². The Morgan fingerprint density at radius 1 is 1.46 bits per heavy atom. The Labute approximate surface area is 98.4 Å². The van der Waals surface area contributed by atoms with Gasteiger partial charge in [0.1, 0.15) is 5.03 Å². The minimum absolute atomic E-state index is 0.237. The van der Waals surface area contributed by atoms with E-state index in [1.54, 1.807) is 18.0 Å². The summed E-state index contributed by atoms with van der Waals surface area (Å²) in [6, 6.07) is 1.97. The zero-order chi connectivity index (χ0) is 9.68. The number of nitrogens with zero attached hydrogens (tertiary/aromatic N) is 1. The van der Waals surface area contributed by atoms with Gasteiger partial charge in [0.2, 0.25) is 0 Å². The third kappa shape index (κ3) is 3.97. The van der Waals surface area contributed by atoms with E-state index in [0.717, 1.165) is 26.1 Å². The first-order valence-electron chi connectivity index (χ1n) is 3.78. The number of pyridine rings is 1. The summed E-state index contributed by atoms with van der Waals surface area (Å²) < 4.78 is 1.95. The molecule has 72 valence electrons. The third-order valence-corrected chi connectivity index (χ3v) is 3.71. The van der Waals surface area contributed by atoms with Gasteiger partial charge in [-0.2, -0.15) is 0 Å². The summed E-state index contributed by atoms with van der Waals surface area (Å²) in [5, 5.41) is 9.57. The van der Waals surface area contributed by atoms with Gasteiger partial charge < -0.3 is 5.11 Å². The number of hydrogen-bond donors (Lipinski definition) is 1. The minimum atomic E-state index is 0.237. The van der Waals surface area contributed by atoms with E-state index in [0.29, 0.717) is 0 Å². The van der Waals surface area contributed by atoms with E-state index in [1.807, 2.05) is 6.07 Å². The van der Waals surface area contributed by atoms with Crippen LogP contribution in [0.15, 0.2) is 26.2 Å². The molecule has 1 aromatic heterocycles. The predicted octanol–water partition coefficient (Wildman–Crippen LogP) is 3.08. The molecule has 0 amide bonds. The minimum Gasteiger partial charge on any atom is -0.396 e. The largest absolute Gasteiger partial charge is 0.396 e. The van der Waals surface area contributed by atoms with Gasteiger partial charge in [-0.1, -0.05) is 0 Å². The fraction of sp³-hybridized carbons (Fsp3) is 0.375.